The molecule has 46 heavy (non-hydrogen) atoms. The summed E-state index contributed by atoms with van der Waals surface area (Å²) in [6, 6.07) is 18.7. The van der Waals surface area contributed by atoms with E-state index >= 15 is 0 Å². The van der Waals surface area contributed by atoms with Crippen molar-refractivity contribution in [2.24, 2.45) is 0 Å². The second-order valence-electron chi connectivity index (χ2n) is 11.0. The highest BCUT2D eigenvalue weighted by Crippen LogP contribution is 2.39. The average Bonchev–Trinajstić information content (AvgIpc) is 3.90. The molecule has 1 amide bonds. The van der Waals surface area contributed by atoms with Gasteiger partial charge in [-0.2, -0.15) is 0 Å². The van der Waals surface area contributed by atoms with Crippen molar-refractivity contribution >= 4 is 33.9 Å². The maximum Gasteiger partial charge on any atom is 0.258 e. The third-order valence-electron chi connectivity index (χ3n) is 7.54. The van der Waals surface area contributed by atoms with Crippen LogP contribution in [0.3, 0.4) is 0 Å². The topological polar surface area (TPSA) is 129 Å². The Hall–Kier alpha value is -5.18. The van der Waals surface area contributed by atoms with Gasteiger partial charge in [-0.05, 0) is 55.3 Å². The lowest BCUT2D eigenvalue weighted by atomic mass is 10.1. The number of hydrogen-bond donors (Lipinski definition) is 3. The molecule has 1 saturated heterocycles. The fraction of sp³-hybridized carbons (Fsp3) is 0.314. The molecule has 1 saturated carbocycles. The number of carbonyl (C=O) groups excluding carboxylic acids is 1. The summed E-state index contributed by atoms with van der Waals surface area (Å²) in [5.74, 6) is 5.04. The van der Waals surface area contributed by atoms with Crippen LogP contribution in [-0.2, 0) is 9.53 Å². The van der Waals surface area contributed by atoms with Gasteiger partial charge in [0.15, 0.2) is 29.6 Å². The van der Waals surface area contributed by atoms with Crippen LogP contribution in [0, 0.1) is 12.3 Å². The first kappa shape index (κ1) is 30.8. The molecule has 2 fully saturated rings. The molecule has 0 radical (unpaired) electrons. The van der Waals surface area contributed by atoms with Gasteiger partial charge in [0.1, 0.15) is 19.0 Å². The van der Waals surface area contributed by atoms with E-state index in [1.807, 2.05) is 48.5 Å². The van der Waals surface area contributed by atoms with Gasteiger partial charge in [0.25, 0.3) is 5.91 Å². The Bertz CT molecular complexity index is 1700. The number of aromatic nitrogens is 1. The standard InChI is InChI=1S/C35H37N5O6/c1-2-16-43-32-20-27-29(21-33(32)44-19-15-40-13-17-42-18-14-40)37-22-28(36)35(27)39-25-9-11-26(12-10-25)46-31-6-4-3-5-30(31)45-23-34(41)38-24-7-8-24/h1,3-6,9-12,20-22,24H,7-8,13-19,23,36H2,(H,37,39)(H,38,41). The van der Waals surface area contributed by atoms with Crippen LogP contribution >= 0.6 is 0 Å². The first-order valence-corrected chi connectivity index (χ1v) is 15.3. The summed E-state index contributed by atoms with van der Waals surface area (Å²) in [5, 5.41) is 7.09. The van der Waals surface area contributed by atoms with Crippen LogP contribution < -0.4 is 35.3 Å². The normalized spacial score (nSPS) is 14.7. The number of benzene rings is 3. The molecule has 4 aromatic rings. The van der Waals surface area contributed by atoms with Gasteiger partial charge < -0.3 is 40.1 Å². The number of fused-ring (bicyclic) bond motifs is 1. The van der Waals surface area contributed by atoms with E-state index in [0.29, 0.717) is 52.2 Å². The zero-order valence-corrected chi connectivity index (χ0v) is 25.5. The van der Waals surface area contributed by atoms with Crippen LogP contribution in [-0.4, -0.2) is 74.5 Å². The fourth-order valence-electron chi connectivity index (χ4n) is 4.98. The molecule has 1 aromatic heterocycles. The SMILES string of the molecule is C#CCOc1cc2c(Nc3ccc(Oc4ccccc4OCC(=O)NC4CC4)cc3)c(N)cnc2cc1OCCN1CCOCC1. The maximum atomic E-state index is 12.1. The van der Waals surface area contributed by atoms with Crippen LogP contribution in [0.25, 0.3) is 10.9 Å². The minimum Gasteiger partial charge on any atom is -0.488 e. The minimum absolute atomic E-state index is 0.0708. The van der Waals surface area contributed by atoms with Gasteiger partial charge in [0.05, 0.1) is 36.3 Å². The summed E-state index contributed by atoms with van der Waals surface area (Å²) in [4.78, 5) is 18.9. The van der Waals surface area contributed by atoms with Crippen molar-refractivity contribution < 1.29 is 28.5 Å². The molecule has 1 aliphatic carbocycles. The Balaban J connectivity index is 1.15. The lowest BCUT2D eigenvalue weighted by Gasteiger charge is -2.26. The summed E-state index contributed by atoms with van der Waals surface area (Å²) in [6.45, 7) is 4.50. The number of pyridine rings is 1. The van der Waals surface area contributed by atoms with E-state index in [0.717, 1.165) is 56.8 Å². The number of para-hydroxylation sites is 2. The average molecular weight is 624 g/mol. The number of ether oxygens (including phenoxy) is 5. The zero-order valence-electron chi connectivity index (χ0n) is 25.5. The summed E-state index contributed by atoms with van der Waals surface area (Å²) < 4.78 is 29.3. The number of nitrogens with two attached hydrogens (primary N) is 1. The molecule has 6 rings (SSSR count). The molecule has 238 valence electrons. The smallest absolute Gasteiger partial charge is 0.258 e. The lowest BCUT2D eigenvalue weighted by Crippen LogP contribution is -2.38. The maximum absolute atomic E-state index is 12.1. The number of anilines is 3. The van der Waals surface area contributed by atoms with Crippen molar-refractivity contribution in [3.63, 3.8) is 0 Å². The lowest BCUT2D eigenvalue weighted by molar-refractivity contribution is -0.123. The molecule has 3 aromatic carbocycles. The molecule has 0 atom stereocenters. The Labute approximate surface area is 267 Å². The number of nitrogens with one attached hydrogen (secondary N) is 2. The molecular formula is C35H37N5O6. The molecule has 2 aliphatic rings. The quantitative estimate of drug-likeness (QED) is 0.170. The van der Waals surface area contributed by atoms with E-state index in [1.165, 1.54) is 0 Å². The van der Waals surface area contributed by atoms with E-state index in [-0.39, 0.29) is 25.2 Å². The van der Waals surface area contributed by atoms with E-state index in [4.69, 9.17) is 35.8 Å². The zero-order chi connectivity index (χ0) is 31.7. The first-order chi connectivity index (χ1) is 22.6. The predicted octanol–water partition coefficient (Wildman–Crippen LogP) is 4.73. The molecule has 0 spiro atoms. The minimum atomic E-state index is -0.141. The summed E-state index contributed by atoms with van der Waals surface area (Å²) >= 11 is 0. The van der Waals surface area contributed by atoms with Gasteiger partial charge in [-0.25, -0.2) is 0 Å². The summed E-state index contributed by atoms with van der Waals surface area (Å²) in [6.07, 6.45) is 9.15. The van der Waals surface area contributed by atoms with Gasteiger partial charge in [0.2, 0.25) is 0 Å². The van der Waals surface area contributed by atoms with Crippen molar-refractivity contribution in [2.75, 3.05) is 63.7 Å². The Morgan fingerprint density at radius 1 is 1.00 bits per heavy atom. The highest BCUT2D eigenvalue weighted by Gasteiger charge is 2.23. The van der Waals surface area contributed by atoms with E-state index in [2.05, 4.69) is 26.4 Å². The fourth-order valence-corrected chi connectivity index (χ4v) is 4.98. The van der Waals surface area contributed by atoms with Crippen molar-refractivity contribution in [3.8, 4) is 41.1 Å². The number of hydrogen-bond acceptors (Lipinski definition) is 10. The number of amides is 1. The Kier molecular flexibility index (Phi) is 9.87. The number of rotatable bonds is 14. The monoisotopic (exact) mass is 623 g/mol. The van der Waals surface area contributed by atoms with E-state index < -0.39 is 0 Å². The van der Waals surface area contributed by atoms with Crippen molar-refractivity contribution in [2.45, 2.75) is 18.9 Å². The van der Waals surface area contributed by atoms with Crippen LogP contribution in [0.15, 0.2) is 66.9 Å². The number of morpholine rings is 1. The molecule has 0 unspecified atom stereocenters. The van der Waals surface area contributed by atoms with Crippen molar-refractivity contribution in [1.29, 1.82) is 0 Å². The molecule has 11 heteroatoms. The Morgan fingerprint density at radius 2 is 1.76 bits per heavy atom. The largest absolute Gasteiger partial charge is 0.488 e. The van der Waals surface area contributed by atoms with Gasteiger partial charge in [-0.1, -0.05) is 18.1 Å². The molecule has 4 N–H and O–H groups in total. The highest BCUT2D eigenvalue weighted by molar-refractivity contribution is 6.00. The molecule has 1 aliphatic heterocycles. The van der Waals surface area contributed by atoms with Crippen LogP contribution in [0.4, 0.5) is 17.1 Å². The van der Waals surface area contributed by atoms with E-state index in [9.17, 15) is 4.79 Å². The number of carbonyl (C=O) groups is 1. The molecule has 0 bridgehead atoms. The third kappa shape index (κ3) is 8.10. The summed E-state index contributed by atoms with van der Waals surface area (Å²) in [5.41, 5.74) is 9.01. The molecule has 11 nitrogen and oxygen atoms in total. The molecule has 2 heterocycles. The van der Waals surface area contributed by atoms with Gasteiger partial charge in [-0.15, -0.1) is 6.42 Å². The first-order valence-electron chi connectivity index (χ1n) is 15.3. The second kappa shape index (κ2) is 14.7. The third-order valence-corrected chi connectivity index (χ3v) is 7.54. The van der Waals surface area contributed by atoms with Gasteiger partial charge in [0, 0.05) is 42.8 Å². The molecular weight excluding hydrogens is 586 g/mol. The number of terminal acetylenes is 1. The van der Waals surface area contributed by atoms with Crippen molar-refractivity contribution in [1.82, 2.24) is 15.2 Å². The summed E-state index contributed by atoms with van der Waals surface area (Å²) in [7, 11) is 0. The predicted molar refractivity (Wildman–Crippen MR) is 176 cm³/mol. The van der Waals surface area contributed by atoms with Crippen LogP contribution in [0.2, 0.25) is 0 Å². The Morgan fingerprint density at radius 3 is 2.52 bits per heavy atom. The number of nitrogen functional groups attached to an aromatic ring is 1. The second-order valence-corrected chi connectivity index (χ2v) is 11.0. The van der Waals surface area contributed by atoms with Gasteiger partial charge in [-0.3, -0.25) is 14.7 Å². The highest BCUT2D eigenvalue weighted by atomic mass is 16.5. The van der Waals surface area contributed by atoms with Crippen molar-refractivity contribution in [3.05, 3.63) is 66.9 Å². The van der Waals surface area contributed by atoms with Crippen LogP contribution in [0.5, 0.6) is 28.7 Å². The number of nitrogens with zero attached hydrogens (tertiary/aromatic N) is 2. The van der Waals surface area contributed by atoms with E-state index in [1.54, 1.807) is 18.3 Å². The van der Waals surface area contributed by atoms with Crippen LogP contribution in [0.1, 0.15) is 12.8 Å². The van der Waals surface area contributed by atoms with Gasteiger partial charge >= 0.3 is 0 Å².